The molecule has 0 aromatic heterocycles. The van der Waals surface area contributed by atoms with Gasteiger partial charge in [0.15, 0.2) is 11.0 Å². The minimum absolute atomic E-state index is 0.0772. The number of nitrogens with one attached hydrogen (secondary N) is 1. The topological polar surface area (TPSA) is 81.8 Å². The maximum atomic E-state index is 13.3. The standard InChI is InChI=1S/C26H27N5O2S/c1-17-10-9-11-18(2)23(17)27-21(32)16-34-26-28-24-22(20-14-7-4-8-15-30(20)26)25(33)31(29-24)19-12-5-3-6-13-19/h3,5-6,9-13H,4,7-8,14-16H2,1-2H3,(H,27,32). The van der Waals surface area contributed by atoms with Crippen molar-refractivity contribution in [2.24, 2.45) is 0 Å². The van der Waals surface area contributed by atoms with Crippen LogP contribution in [0.25, 0.3) is 17.1 Å². The highest BCUT2D eigenvalue weighted by molar-refractivity contribution is 7.99. The first-order chi connectivity index (χ1) is 16.5. The van der Waals surface area contributed by atoms with Gasteiger partial charge in [0.05, 0.1) is 11.4 Å². The average molecular weight is 474 g/mol. The molecule has 0 saturated heterocycles. The number of rotatable bonds is 5. The molecule has 8 heteroatoms. The molecule has 3 aliphatic rings. The Morgan fingerprint density at radius 1 is 1.03 bits per heavy atom. The number of carbonyl (C=O) groups is 1. The Kier molecular flexibility index (Phi) is 6.24. The van der Waals surface area contributed by atoms with Crippen molar-refractivity contribution in [3.05, 3.63) is 75.7 Å². The molecule has 5 rings (SSSR count). The molecule has 0 radical (unpaired) electrons. The van der Waals surface area contributed by atoms with Crippen molar-refractivity contribution >= 4 is 23.4 Å². The van der Waals surface area contributed by atoms with E-state index in [1.807, 2.05) is 62.4 Å². The number of hydrogen-bond acceptors (Lipinski definition) is 5. The van der Waals surface area contributed by atoms with Gasteiger partial charge in [-0.25, -0.2) is 4.98 Å². The van der Waals surface area contributed by atoms with Crippen LogP contribution in [-0.4, -0.2) is 31.0 Å². The van der Waals surface area contributed by atoms with E-state index in [1.165, 1.54) is 16.4 Å². The summed E-state index contributed by atoms with van der Waals surface area (Å²) in [5.41, 5.74) is 5.10. The molecule has 34 heavy (non-hydrogen) atoms. The molecular formula is C26H27N5O2S. The van der Waals surface area contributed by atoms with Gasteiger partial charge >= 0.3 is 0 Å². The molecule has 2 aromatic rings. The normalized spacial score (nSPS) is 13.5. The lowest BCUT2D eigenvalue weighted by Gasteiger charge is -2.18. The highest BCUT2D eigenvalue weighted by atomic mass is 32.2. The van der Waals surface area contributed by atoms with E-state index in [9.17, 15) is 9.59 Å². The van der Waals surface area contributed by atoms with Crippen LogP contribution in [0.1, 0.15) is 36.1 Å². The summed E-state index contributed by atoms with van der Waals surface area (Å²) in [4.78, 5) is 30.9. The summed E-state index contributed by atoms with van der Waals surface area (Å²) in [6.07, 6.45) is 3.94. The zero-order chi connectivity index (χ0) is 23.7. The van der Waals surface area contributed by atoms with Crippen LogP contribution in [0.2, 0.25) is 0 Å². The van der Waals surface area contributed by atoms with E-state index in [2.05, 4.69) is 15.0 Å². The van der Waals surface area contributed by atoms with Crippen LogP contribution in [0.4, 0.5) is 5.69 Å². The van der Waals surface area contributed by atoms with Crippen LogP contribution < -0.4 is 10.9 Å². The van der Waals surface area contributed by atoms with Crippen LogP contribution in [0.3, 0.4) is 0 Å². The quantitative estimate of drug-likeness (QED) is 0.338. The van der Waals surface area contributed by atoms with Gasteiger partial charge in [-0.3, -0.25) is 9.59 Å². The molecule has 0 spiro atoms. The fraction of sp³-hybridized carbons (Fsp3) is 0.308. The number of aromatic nitrogens is 4. The summed E-state index contributed by atoms with van der Waals surface area (Å²) in [6.45, 7) is 4.77. The van der Waals surface area contributed by atoms with Crippen molar-refractivity contribution in [2.45, 2.75) is 51.2 Å². The van der Waals surface area contributed by atoms with Gasteiger partial charge in [0.25, 0.3) is 5.56 Å². The first kappa shape index (κ1) is 22.4. The molecule has 1 N–H and O–H groups in total. The van der Waals surface area contributed by atoms with Gasteiger partial charge in [0.1, 0.15) is 5.56 Å². The van der Waals surface area contributed by atoms with Crippen LogP contribution in [-0.2, 0) is 17.8 Å². The lowest BCUT2D eigenvalue weighted by molar-refractivity contribution is -0.113. The van der Waals surface area contributed by atoms with Crippen LogP contribution in [0.5, 0.6) is 0 Å². The van der Waals surface area contributed by atoms with Crippen molar-refractivity contribution in [3.63, 3.8) is 0 Å². The van der Waals surface area contributed by atoms with Crippen molar-refractivity contribution in [1.82, 2.24) is 19.3 Å². The number of benzene rings is 2. The van der Waals surface area contributed by atoms with Gasteiger partial charge in [-0.2, -0.15) is 4.68 Å². The summed E-state index contributed by atoms with van der Waals surface area (Å²) in [5.74, 6) is 0.598. The number of hydrogen-bond donors (Lipinski definition) is 1. The summed E-state index contributed by atoms with van der Waals surface area (Å²) < 4.78 is 3.57. The Morgan fingerprint density at radius 2 is 1.79 bits per heavy atom. The Bertz CT molecular complexity index is 1360. The second-order valence-corrected chi connectivity index (χ2v) is 9.60. The maximum absolute atomic E-state index is 13.3. The summed E-state index contributed by atoms with van der Waals surface area (Å²) in [5, 5.41) is 8.35. The molecule has 0 unspecified atom stereocenters. The summed E-state index contributed by atoms with van der Waals surface area (Å²) in [6, 6.07) is 15.4. The summed E-state index contributed by atoms with van der Waals surface area (Å²) in [7, 11) is 0. The lowest BCUT2D eigenvalue weighted by Crippen LogP contribution is -2.20. The largest absolute Gasteiger partial charge is 0.325 e. The molecule has 1 amide bonds. The molecule has 2 aromatic carbocycles. The molecule has 0 saturated carbocycles. The SMILES string of the molecule is Cc1cccc(C)c1NC(=O)CSc1nc2nn(-c3ccccc3)c(=O)c-2c2n1CCCCC2. The highest BCUT2D eigenvalue weighted by Gasteiger charge is 2.27. The molecule has 0 fully saturated rings. The highest BCUT2D eigenvalue weighted by Crippen LogP contribution is 2.30. The number of carbonyl (C=O) groups excluding carboxylic acids is 1. The number of para-hydroxylation sites is 2. The van der Waals surface area contributed by atoms with Crippen LogP contribution >= 0.6 is 11.8 Å². The fourth-order valence-corrected chi connectivity index (χ4v) is 5.37. The minimum Gasteiger partial charge on any atom is -0.325 e. The van der Waals surface area contributed by atoms with Crippen molar-refractivity contribution in [2.75, 3.05) is 11.1 Å². The predicted octanol–water partition coefficient (Wildman–Crippen LogP) is 4.61. The van der Waals surface area contributed by atoms with Gasteiger partial charge in [0.2, 0.25) is 5.91 Å². The van der Waals surface area contributed by atoms with E-state index in [4.69, 9.17) is 4.98 Å². The van der Waals surface area contributed by atoms with Crippen molar-refractivity contribution < 1.29 is 4.79 Å². The molecule has 3 aliphatic heterocycles. The monoisotopic (exact) mass is 473 g/mol. The number of nitrogens with zero attached hydrogens (tertiary/aromatic N) is 4. The third-order valence-corrected chi connectivity index (χ3v) is 7.22. The van der Waals surface area contributed by atoms with E-state index >= 15 is 0 Å². The molecule has 7 nitrogen and oxygen atoms in total. The zero-order valence-corrected chi connectivity index (χ0v) is 20.2. The van der Waals surface area contributed by atoms with E-state index in [-0.39, 0.29) is 17.2 Å². The number of fused-ring (bicyclic) bond motifs is 3. The maximum Gasteiger partial charge on any atom is 0.284 e. The number of thioether (sulfide) groups is 1. The van der Waals surface area contributed by atoms with Crippen LogP contribution in [0, 0.1) is 13.8 Å². The first-order valence-electron chi connectivity index (χ1n) is 11.6. The third kappa shape index (κ3) is 4.25. The van der Waals surface area contributed by atoms with Crippen molar-refractivity contribution in [3.8, 4) is 17.1 Å². The zero-order valence-electron chi connectivity index (χ0n) is 19.4. The molecule has 174 valence electrons. The average Bonchev–Trinajstić information content (AvgIpc) is 3.00. The van der Waals surface area contributed by atoms with E-state index in [1.54, 1.807) is 0 Å². The smallest absolute Gasteiger partial charge is 0.284 e. The van der Waals surface area contributed by atoms with E-state index in [0.29, 0.717) is 11.4 Å². The van der Waals surface area contributed by atoms with E-state index < -0.39 is 0 Å². The minimum atomic E-state index is -0.135. The van der Waals surface area contributed by atoms with Gasteiger partial charge in [-0.05, 0) is 56.4 Å². The Morgan fingerprint density at radius 3 is 2.56 bits per heavy atom. The van der Waals surface area contributed by atoms with Gasteiger partial charge in [0, 0.05) is 17.9 Å². The number of aryl methyl sites for hydroxylation is 2. The molecule has 0 aliphatic carbocycles. The third-order valence-electron chi connectivity index (χ3n) is 6.25. The van der Waals surface area contributed by atoms with Crippen molar-refractivity contribution in [1.29, 1.82) is 0 Å². The van der Waals surface area contributed by atoms with Gasteiger partial charge < -0.3 is 9.88 Å². The fourth-order valence-electron chi connectivity index (χ4n) is 4.53. The number of amides is 1. The van der Waals surface area contributed by atoms with Crippen LogP contribution in [0.15, 0.2) is 58.5 Å². The molecular weight excluding hydrogens is 446 g/mol. The lowest BCUT2D eigenvalue weighted by atomic mass is 10.1. The van der Waals surface area contributed by atoms with E-state index in [0.717, 1.165) is 65.6 Å². The molecule has 3 heterocycles. The number of anilines is 1. The Labute approximate surface area is 202 Å². The second kappa shape index (κ2) is 9.46. The Hall–Kier alpha value is -3.39. The first-order valence-corrected chi connectivity index (χ1v) is 12.6. The van der Waals surface area contributed by atoms with Gasteiger partial charge in [-0.15, -0.1) is 5.10 Å². The Balaban J connectivity index is 1.49. The molecule has 0 bridgehead atoms. The van der Waals surface area contributed by atoms with Gasteiger partial charge in [-0.1, -0.05) is 54.6 Å². The second-order valence-electron chi connectivity index (χ2n) is 8.66. The molecule has 0 atom stereocenters. The summed E-state index contributed by atoms with van der Waals surface area (Å²) >= 11 is 1.40. The predicted molar refractivity (Wildman–Crippen MR) is 135 cm³/mol.